The van der Waals surface area contributed by atoms with Crippen LogP contribution >= 0.6 is 46.4 Å². The number of anilines is 2. The zero-order chi connectivity index (χ0) is 82.7. The molecule has 0 radical (unpaired) electrons. The van der Waals surface area contributed by atoms with E-state index in [0.29, 0.717) is 43.9 Å². The number of methoxy groups -OCH3 is 1. The van der Waals surface area contributed by atoms with Gasteiger partial charge in [0.25, 0.3) is 0 Å². The largest absolute Gasteiger partial charge is 0.506 e. The number of phenols is 4. The SMILES string of the molecule is CN1CCc2cc(Cl)c(O)cc2[C@@H](c2ccc(CN(C)S(=O)(=O)c3ccccc3)cc2)C1.CN1CCc2cc(Cl)c(O)cc2[C@H]2c3ccc(NS(C)(=O)=O)cc3CC[C@@H]21.CN1CCc2cc(Cl)c(O)cc2[C@H]2c3cccc(CNCc4ccccc4)c3CC[C@@H]21.COC(=O)Nc1ccc2c(c1)CC[C@H]1[C@H]2c2cc(O)c(Cl)cc2CCN1C. The summed E-state index contributed by atoms with van der Waals surface area (Å²) in [4.78, 5) is 21.4. The third-order valence-electron chi connectivity index (χ3n) is 24.7. The monoisotopic (exact) mass is 1690 g/mol. The quantitative estimate of drug-likeness (QED) is 0.0604. The van der Waals surface area contributed by atoms with Crippen LogP contribution in [0.2, 0.25) is 20.1 Å². The Kier molecular flexibility index (Phi) is 26.4. The first-order chi connectivity index (χ1) is 56.1. The topological polar surface area (TPSA) is 228 Å². The van der Waals surface area contributed by atoms with Gasteiger partial charge in [0.2, 0.25) is 20.0 Å². The molecule has 0 saturated carbocycles. The average molecular weight is 1700 g/mol. The molecule has 0 aromatic heterocycles. The number of hydrogen-bond donors (Lipinski definition) is 7. The van der Waals surface area contributed by atoms with E-state index in [9.17, 15) is 42.1 Å². The van der Waals surface area contributed by atoms with Crippen molar-refractivity contribution in [2.75, 3.05) is 91.4 Å². The lowest BCUT2D eigenvalue weighted by Gasteiger charge is -2.39. The van der Waals surface area contributed by atoms with Gasteiger partial charge in [0, 0.05) is 113 Å². The number of carbonyl (C=O) groups excluding carboxylic acids is 1. The summed E-state index contributed by atoms with van der Waals surface area (Å²) in [5.74, 6) is 1.21. The lowest BCUT2D eigenvalue weighted by Crippen LogP contribution is -2.40. The summed E-state index contributed by atoms with van der Waals surface area (Å²) in [6, 6.07) is 61.8. The maximum absolute atomic E-state index is 12.8. The van der Waals surface area contributed by atoms with Crippen molar-refractivity contribution in [3.05, 3.63) is 308 Å². The van der Waals surface area contributed by atoms with E-state index in [1.807, 2.05) is 84.9 Å². The molecule has 7 N–H and O–H groups in total. The number of nitrogens with zero attached hydrogens (tertiary/aromatic N) is 5. The Labute approximate surface area is 708 Å². The van der Waals surface area contributed by atoms with Crippen LogP contribution in [0.5, 0.6) is 23.0 Å². The number of rotatable bonds is 12. The Morgan fingerprint density at radius 2 is 0.915 bits per heavy atom. The second-order valence-corrected chi connectivity index (χ2v) is 37.6. The number of benzene rings is 10. The van der Waals surface area contributed by atoms with Crippen molar-refractivity contribution in [3.8, 4) is 23.0 Å². The molecule has 3 aliphatic carbocycles. The normalized spacial score (nSPS) is 20.2. The number of aromatic hydroxyl groups is 4. The van der Waals surface area contributed by atoms with E-state index in [4.69, 9.17) is 46.4 Å². The summed E-state index contributed by atoms with van der Waals surface area (Å²) in [5.41, 5.74) is 23.2. The molecule has 0 saturated heterocycles. The summed E-state index contributed by atoms with van der Waals surface area (Å²) in [5, 5.41) is 49.1. The van der Waals surface area contributed by atoms with E-state index >= 15 is 0 Å². The van der Waals surface area contributed by atoms with Crippen molar-refractivity contribution in [1.82, 2.24) is 29.2 Å². The third kappa shape index (κ3) is 19.1. The van der Waals surface area contributed by atoms with Gasteiger partial charge in [-0.15, -0.1) is 0 Å². The Morgan fingerprint density at radius 3 is 1.42 bits per heavy atom. The highest BCUT2D eigenvalue weighted by Crippen LogP contribution is 2.50. The molecule has 24 heteroatoms. The highest BCUT2D eigenvalue weighted by Gasteiger charge is 2.41. The highest BCUT2D eigenvalue weighted by atomic mass is 35.5. The van der Waals surface area contributed by atoms with E-state index < -0.39 is 26.1 Å². The van der Waals surface area contributed by atoms with E-state index in [2.05, 4.69) is 135 Å². The first kappa shape index (κ1) is 84.7. The molecule has 0 spiro atoms. The molecule has 1 amide bonds. The second-order valence-electron chi connectivity index (χ2n) is 32.2. The van der Waals surface area contributed by atoms with Crippen LogP contribution in [0.4, 0.5) is 16.2 Å². The van der Waals surface area contributed by atoms with Crippen LogP contribution in [-0.2, 0) is 89.4 Å². The van der Waals surface area contributed by atoms with Gasteiger partial charge in [-0.1, -0.05) is 150 Å². The van der Waals surface area contributed by atoms with E-state index in [-0.39, 0.29) is 58.1 Å². The Balaban J connectivity index is 0.000000129. The van der Waals surface area contributed by atoms with Gasteiger partial charge >= 0.3 is 6.09 Å². The fourth-order valence-corrected chi connectivity index (χ4v) is 21.2. The smallest absolute Gasteiger partial charge is 0.411 e. The minimum Gasteiger partial charge on any atom is -0.506 e. The predicted molar refractivity (Wildman–Crippen MR) is 469 cm³/mol. The minimum atomic E-state index is -3.54. The lowest BCUT2D eigenvalue weighted by molar-refractivity contribution is 0.187. The molecule has 0 fully saturated rings. The van der Waals surface area contributed by atoms with Crippen molar-refractivity contribution in [3.63, 3.8) is 0 Å². The predicted octanol–water partition coefficient (Wildman–Crippen LogP) is 17.3. The summed E-state index contributed by atoms with van der Waals surface area (Å²) in [6.45, 7) is 6.70. The first-order valence-electron chi connectivity index (χ1n) is 40.0. The molecule has 4 aliphatic heterocycles. The number of amides is 1. The van der Waals surface area contributed by atoms with Gasteiger partial charge in [-0.25, -0.2) is 21.6 Å². The number of phenolic OH excluding ortho intramolecular Hbond substituents is 4. The number of aryl methyl sites for hydroxylation is 2. The molecule has 10 aromatic rings. The fourth-order valence-electron chi connectivity index (χ4n) is 18.7. The first-order valence-corrected chi connectivity index (χ1v) is 44.8. The number of nitrogens with one attached hydrogen (secondary N) is 3. The van der Waals surface area contributed by atoms with E-state index in [1.54, 1.807) is 43.4 Å². The summed E-state index contributed by atoms with van der Waals surface area (Å²) in [7, 11) is 4.75. The number of ether oxygens (including phenoxy) is 1. The molecule has 614 valence electrons. The van der Waals surface area contributed by atoms with Crippen molar-refractivity contribution in [2.45, 2.75) is 131 Å². The van der Waals surface area contributed by atoms with Gasteiger partial charge in [0.05, 0.1) is 38.4 Å². The zero-order valence-corrected chi connectivity index (χ0v) is 71.6. The molecule has 117 heavy (non-hydrogen) atoms. The summed E-state index contributed by atoms with van der Waals surface area (Å²) >= 11 is 24.8. The Morgan fingerprint density at radius 1 is 0.470 bits per heavy atom. The van der Waals surface area contributed by atoms with Crippen LogP contribution < -0.4 is 15.4 Å². The Bertz CT molecular complexity index is 5540. The molecule has 17 rings (SSSR count). The number of halogens is 4. The molecule has 7 aliphatic rings. The molecule has 4 heterocycles. The fraction of sp³-hybridized carbons (Fsp3) is 0.344. The van der Waals surface area contributed by atoms with Crippen molar-refractivity contribution < 1.29 is 46.8 Å². The second kappa shape index (κ2) is 36.5. The van der Waals surface area contributed by atoms with Crippen LogP contribution in [0.25, 0.3) is 0 Å². The zero-order valence-electron chi connectivity index (χ0n) is 67.0. The number of likely N-dealkylation sites (N-methyl/N-ethyl adjacent to an activating group) is 4. The van der Waals surface area contributed by atoms with E-state index in [1.165, 1.54) is 72.6 Å². The summed E-state index contributed by atoms with van der Waals surface area (Å²) < 4.78 is 57.4. The van der Waals surface area contributed by atoms with Crippen LogP contribution in [0, 0.1) is 0 Å². The molecule has 0 unspecified atom stereocenters. The minimum absolute atomic E-state index is 0.0977. The van der Waals surface area contributed by atoms with Crippen molar-refractivity contribution in [1.29, 1.82) is 0 Å². The lowest BCUT2D eigenvalue weighted by atomic mass is 9.73. The molecule has 0 bridgehead atoms. The van der Waals surface area contributed by atoms with Gasteiger partial charge in [0.1, 0.15) is 23.0 Å². The summed E-state index contributed by atoms with van der Waals surface area (Å²) in [6.07, 6.45) is 10.4. The number of fused-ring (bicyclic) bond motifs is 16. The van der Waals surface area contributed by atoms with Crippen LogP contribution in [0.3, 0.4) is 0 Å². The average Bonchev–Trinajstić information content (AvgIpc) is 1.72. The van der Waals surface area contributed by atoms with E-state index in [0.717, 1.165) is 161 Å². The van der Waals surface area contributed by atoms with Gasteiger partial charge in [-0.05, 0) is 277 Å². The third-order valence-corrected chi connectivity index (χ3v) is 28.3. The number of hydrogen-bond acceptors (Lipinski definition) is 15. The number of carbonyl (C=O) groups is 1. The maximum Gasteiger partial charge on any atom is 0.411 e. The van der Waals surface area contributed by atoms with Gasteiger partial charge < -0.3 is 50.1 Å². The maximum atomic E-state index is 12.8. The van der Waals surface area contributed by atoms with Crippen molar-refractivity contribution in [2.24, 2.45) is 0 Å². The molecule has 10 aromatic carbocycles. The highest BCUT2D eigenvalue weighted by molar-refractivity contribution is 7.92. The Hall–Kier alpha value is -8.71. The number of sulfonamides is 2. The van der Waals surface area contributed by atoms with Gasteiger partial charge in [-0.2, -0.15) is 4.31 Å². The standard InChI is InChI=1S/C27H29ClN2O.C25H27ClN2O3S.C21H23ClN2O3.C20H23ClN2O3S/c1-30-13-12-19-14-24(28)26(31)15-23(19)27-22-9-5-8-20(21(22)10-11-25(27)30)17-29-16-18-6-3-2-4-7-18;1-27-13-12-20-14-24(26)25(29)15-22(20)23(17-27)19-10-8-18(9-11-19)16-28(2)32(30,31)21-6-4-3-5-7-21;1-24-8-7-13-10-17(22)19(25)11-16(13)20-15-5-4-14(23-21(26)27-2)9-12(15)3-6-18(20)24;1-23-8-7-13-10-17(21)19(24)11-16(13)20-15-5-4-14(22-27(2,25)26)9-12(15)3-6-18(20)23/h2-9,14-15,25,27,29,31H,10-13,16-17H2,1H3;3-11,14-15,23,29H,12-13,16-17H2,1-2H3;4-5,9-11,18,20,25H,3,6-8H2,1-2H3,(H,23,26);4-5,9-11,18,20,22,24H,3,6-8H2,1-2H3/t25-,27+;23-;2*18-,20+/m0100/s1. The van der Waals surface area contributed by atoms with Gasteiger partial charge in [-0.3, -0.25) is 10.0 Å². The van der Waals surface area contributed by atoms with Gasteiger partial charge in [0.15, 0.2) is 0 Å². The molecule has 18 nitrogen and oxygen atoms in total. The van der Waals surface area contributed by atoms with Crippen molar-refractivity contribution >= 4 is 83.9 Å². The van der Waals surface area contributed by atoms with Crippen LogP contribution in [0.15, 0.2) is 193 Å². The van der Waals surface area contributed by atoms with Crippen LogP contribution in [0.1, 0.15) is 143 Å². The molecular weight excluding hydrogens is 1600 g/mol. The molecule has 7 atom stereocenters. The van der Waals surface area contributed by atoms with Crippen LogP contribution in [-0.4, -0.2) is 167 Å². The molecular formula is C93H102Cl4N8O10S2.